The molecule has 1 atom stereocenters. The van der Waals surface area contributed by atoms with Crippen LogP contribution in [0.1, 0.15) is 271 Å². The molecule has 6 nitrogen and oxygen atoms in total. The Kier molecular flexibility index (Phi) is 48.8. The van der Waals surface area contributed by atoms with Crippen LogP contribution in [0, 0.1) is 0 Å². The van der Waals surface area contributed by atoms with Gasteiger partial charge >= 0.3 is 17.9 Å². The molecule has 0 saturated carbocycles. The van der Waals surface area contributed by atoms with Crippen LogP contribution in [-0.4, -0.2) is 37.2 Å². The first-order valence-electron chi connectivity index (χ1n) is 26.6. The van der Waals surface area contributed by atoms with Crippen LogP contribution in [0.25, 0.3) is 0 Å². The van der Waals surface area contributed by atoms with Crippen molar-refractivity contribution in [2.24, 2.45) is 0 Å². The number of esters is 3. The number of carbonyl (C=O) groups excluding carboxylic acids is 3. The fourth-order valence-electron chi connectivity index (χ4n) is 7.46. The number of rotatable bonds is 48. The van der Waals surface area contributed by atoms with Gasteiger partial charge in [-0.15, -0.1) is 0 Å². The maximum Gasteiger partial charge on any atom is 0.306 e. The molecule has 0 heterocycles. The summed E-state index contributed by atoms with van der Waals surface area (Å²) >= 11 is 0. The van der Waals surface area contributed by atoms with Gasteiger partial charge in [0.15, 0.2) is 6.10 Å². The SMILES string of the molecule is CCCCC/C=C\C/C=C\CCCCCCCC(=O)O[C@H](COC(=O)CCCCCCC/C=C\CCCCCC)COC(=O)CCCCCCC/C=C\CCCCCCCCC. The molecule has 0 aromatic rings. The van der Waals surface area contributed by atoms with E-state index in [9.17, 15) is 14.4 Å². The van der Waals surface area contributed by atoms with E-state index in [1.165, 1.54) is 135 Å². The van der Waals surface area contributed by atoms with Crippen molar-refractivity contribution in [3.63, 3.8) is 0 Å². The fraction of sp³-hybridized carbons (Fsp3) is 0.804. The first kappa shape index (κ1) is 59.4. The predicted octanol–water partition coefficient (Wildman–Crippen LogP) is 17.5. The molecular weight excluding hydrogens is 769 g/mol. The Morgan fingerprint density at radius 3 is 0.952 bits per heavy atom. The smallest absolute Gasteiger partial charge is 0.306 e. The third-order valence-corrected chi connectivity index (χ3v) is 11.5. The van der Waals surface area contributed by atoms with E-state index >= 15 is 0 Å². The number of carbonyl (C=O) groups is 3. The second kappa shape index (κ2) is 51.0. The minimum atomic E-state index is -0.785. The minimum absolute atomic E-state index is 0.0849. The molecule has 6 heteroatoms. The first-order chi connectivity index (χ1) is 30.5. The van der Waals surface area contributed by atoms with Gasteiger partial charge in [0.2, 0.25) is 0 Å². The third kappa shape index (κ3) is 48.4. The standard InChI is InChI=1S/C56H100O6/c1-4-7-10-13-16-19-22-25-27-29-31-34-37-40-43-46-49-55(58)61-52-53(51-60-54(57)48-45-42-39-36-33-30-24-21-18-15-12-9-6-3)62-56(59)50-47-44-41-38-35-32-28-26-23-20-17-14-11-8-5-2/h17,20-21,24,26-29,53H,4-16,18-19,22-23,25,30-52H2,1-3H3/b20-17-,24-21-,28-26-,29-27-/t53-/m1/s1. The molecule has 0 aliphatic carbocycles. The molecule has 0 rings (SSSR count). The zero-order valence-electron chi connectivity index (χ0n) is 41.1. The van der Waals surface area contributed by atoms with Gasteiger partial charge in [-0.3, -0.25) is 14.4 Å². The van der Waals surface area contributed by atoms with E-state index in [-0.39, 0.29) is 31.1 Å². The van der Waals surface area contributed by atoms with E-state index < -0.39 is 6.10 Å². The maximum atomic E-state index is 12.8. The molecule has 0 spiro atoms. The molecule has 0 aliphatic heterocycles. The summed E-state index contributed by atoms with van der Waals surface area (Å²) in [6, 6.07) is 0. The van der Waals surface area contributed by atoms with Crippen LogP contribution in [0.5, 0.6) is 0 Å². The third-order valence-electron chi connectivity index (χ3n) is 11.5. The number of hydrogen-bond acceptors (Lipinski definition) is 6. The topological polar surface area (TPSA) is 78.9 Å². The van der Waals surface area contributed by atoms with Crippen LogP contribution >= 0.6 is 0 Å². The van der Waals surface area contributed by atoms with Gasteiger partial charge in [0, 0.05) is 19.3 Å². The Morgan fingerprint density at radius 2 is 0.581 bits per heavy atom. The molecule has 0 saturated heterocycles. The van der Waals surface area contributed by atoms with Crippen molar-refractivity contribution in [3.05, 3.63) is 48.6 Å². The zero-order valence-corrected chi connectivity index (χ0v) is 41.1. The lowest BCUT2D eigenvalue weighted by atomic mass is 10.1. The van der Waals surface area contributed by atoms with Crippen LogP contribution in [0.15, 0.2) is 48.6 Å². The van der Waals surface area contributed by atoms with Gasteiger partial charge < -0.3 is 14.2 Å². The van der Waals surface area contributed by atoms with Crippen molar-refractivity contribution in [2.75, 3.05) is 13.2 Å². The Morgan fingerprint density at radius 1 is 0.323 bits per heavy atom. The normalized spacial score (nSPS) is 12.4. The maximum absolute atomic E-state index is 12.8. The van der Waals surface area contributed by atoms with Gasteiger partial charge in [-0.05, 0) is 103 Å². The molecule has 360 valence electrons. The van der Waals surface area contributed by atoms with Gasteiger partial charge in [0.25, 0.3) is 0 Å². The van der Waals surface area contributed by atoms with Crippen molar-refractivity contribution in [1.29, 1.82) is 0 Å². The highest BCUT2D eigenvalue weighted by atomic mass is 16.6. The van der Waals surface area contributed by atoms with Gasteiger partial charge in [0.05, 0.1) is 0 Å². The van der Waals surface area contributed by atoms with Crippen molar-refractivity contribution < 1.29 is 28.6 Å². The lowest BCUT2D eigenvalue weighted by molar-refractivity contribution is -0.167. The molecule has 0 amide bonds. The molecule has 0 bridgehead atoms. The van der Waals surface area contributed by atoms with Crippen molar-refractivity contribution in [2.45, 2.75) is 277 Å². The predicted molar refractivity (Wildman–Crippen MR) is 265 cm³/mol. The van der Waals surface area contributed by atoms with Crippen LogP contribution < -0.4 is 0 Å². The monoisotopic (exact) mass is 869 g/mol. The Balaban J connectivity index is 4.41. The molecule has 0 N–H and O–H groups in total. The van der Waals surface area contributed by atoms with Crippen LogP contribution in [0.3, 0.4) is 0 Å². The Labute approximate surface area is 384 Å². The van der Waals surface area contributed by atoms with E-state index in [1.807, 2.05) is 0 Å². The average Bonchev–Trinajstić information content (AvgIpc) is 3.27. The first-order valence-corrected chi connectivity index (χ1v) is 26.6. The molecule has 0 radical (unpaired) electrons. The molecular formula is C56H100O6. The number of ether oxygens (including phenoxy) is 3. The van der Waals surface area contributed by atoms with Gasteiger partial charge in [-0.25, -0.2) is 0 Å². The number of unbranched alkanes of at least 4 members (excludes halogenated alkanes) is 29. The van der Waals surface area contributed by atoms with Gasteiger partial charge in [-0.2, -0.15) is 0 Å². The highest BCUT2D eigenvalue weighted by molar-refractivity contribution is 5.71. The molecule has 0 unspecified atom stereocenters. The highest BCUT2D eigenvalue weighted by Crippen LogP contribution is 2.14. The van der Waals surface area contributed by atoms with E-state index in [0.717, 1.165) is 96.3 Å². The summed E-state index contributed by atoms with van der Waals surface area (Å²) in [6.45, 7) is 6.58. The highest BCUT2D eigenvalue weighted by Gasteiger charge is 2.19. The molecule has 0 aromatic carbocycles. The van der Waals surface area contributed by atoms with E-state index in [4.69, 9.17) is 14.2 Å². The van der Waals surface area contributed by atoms with E-state index in [2.05, 4.69) is 69.4 Å². The van der Waals surface area contributed by atoms with Crippen LogP contribution in [-0.2, 0) is 28.6 Å². The summed E-state index contributed by atoms with van der Waals surface area (Å²) < 4.78 is 16.8. The molecule has 0 fully saturated rings. The Hall–Kier alpha value is -2.63. The summed E-state index contributed by atoms with van der Waals surface area (Å²) in [7, 11) is 0. The zero-order chi connectivity index (χ0) is 45.1. The fourth-order valence-corrected chi connectivity index (χ4v) is 7.46. The molecule has 0 aliphatic rings. The van der Waals surface area contributed by atoms with Crippen molar-refractivity contribution >= 4 is 17.9 Å². The summed E-state index contributed by atoms with van der Waals surface area (Å²) in [5, 5.41) is 0. The minimum Gasteiger partial charge on any atom is -0.462 e. The van der Waals surface area contributed by atoms with Crippen molar-refractivity contribution in [3.8, 4) is 0 Å². The number of hydrogen-bond donors (Lipinski definition) is 0. The van der Waals surface area contributed by atoms with Gasteiger partial charge in [0.1, 0.15) is 13.2 Å². The second-order valence-electron chi connectivity index (χ2n) is 17.8. The molecule has 0 aromatic heterocycles. The van der Waals surface area contributed by atoms with E-state index in [0.29, 0.717) is 19.3 Å². The van der Waals surface area contributed by atoms with Crippen LogP contribution in [0.4, 0.5) is 0 Å². The summed E-state index contributed by atoms with van der Waals surface area (Å²) in [5.41, 5.74) is 0. The average molecular weight is 869 g/mol. The quantitative estimate of drug-likeness (QED) is 0.0262. The molecule has 62 heavy (non-hydrogen) atoms. The van der Waals surface area contributed by atoms with E-state index in [1.54, 1.807) is 0 Å². The summed E-state index contributed by atoms with van der Waals surface area (Å²) in [6.07, 6.45) is 60.9. The van der Waals surface area contributed by atoms with Crippen molar-refractivity contribution in [1.82, 2.24) is 0 Å². The van der Waals surface area contributed by atoms with Gasteiger partial charge in [-0.1, -0.05) is 198 Å². The second-order valence-corrected chi connectivity index (χ2v) is 17.8. The lowest BCUT2D eigenvalue weighted by Crippen LogP contribution is -2.30. The largest absolute Gasteiger partial charge is 0.462 e. The number of allylic oxidation sites excluding steroid dienone is 8. The lowest BCUT2D eigenvalue weighted by Gasteiger charge is -2.18. The summed E-state index contributed by atoms with van der Waals surface area (Å²) in [4.78, 5) is 38.0. The van der Waals surface area contributed by atoms with Crippen LogP contribution in [0.2, 0.25) is 0 Å². The summed E-state index contributed by atoms with van der Waals surface area (Å²) in [5.74, 6) is -0.908. The Bertz CT molecular complexity index is 1090.